The first-order valence-electron chi connectivity index (χ1n) is 19.9. The largest absolute Gasteiger partial charge is 0.493 e. The molecule has 11 heteroatoms. The molecular weight excluding hydrogens is 726 g/mol. The number of nitriles is 1. The molecule has 0 bridgehead atoms. The Kier molecular flexibility index (Phi) is 13.1. The molecule has 10 nitrogen and oxygen atoms in total. The molecule has 0 amide bonds. The second kappa shape index (κ2) is 18.5. The molecule has 0 saturated carbocycles. The molecule has 3 atom stereocenters. The second-order valence-electron chi connectivity index (χ2n) is 15.5. The van der Waals surface area contributed by atoms with Crippen LogP contribution in [0.5, 0.6) is 17.2 Å². The number of aromatic nitrogens is 1. The average Bonchev–Trinajstić information content (AvgIpc) is 3.68. The molecule has 3 saturated heterocycles. The van der Waals surface area contributed by atoms with Gasteiger partial charge in [0.1, 0.15) is 42.6 Å². The molecule has 56 heavy (non-hydrogen) atoms. The predicted molar refractivity (Wildman–Crippen MR) is 217 cm³/mol. The predicted octanol–water partition coefficient (Wildman–Crippen LogP) is 7.80. The molecule has 1 aromatic heterocycles. The normalized spacial score (nSPS) is 19.9. The highest BCUT2D eigenvalue weighted by Crippen LogP contribution is 2.37. The summed E-state index contributed by atoms with van der Waals surface area (Å²) < 4.78 is 19.1. The van der Waals surface area contributed by atoms with E-state index in [2.05, 4.69) is 71.5 Å². The van der Waals surface area contributed by atoms with Crippen molar-refractivity contribution in [2.45, 2.75) is 71.8 Å². The van der Waals surface area contributed by atoms with Gasteiger partial charge in [0.05, 0.1) is 17.2 Å². The maximum absolute atomic E-state index is 12.1. The van der Waals surface area contributed by atoms with Crippen molar-refractivity contribution >= 4 is 17.6 Å². The lowest BCUT2D eigenvalue weighted by molar-refractivity contribution is -0.144. The maximum atomic E-state index is 12.1. The van der Waals surface area contributed by atoms with Crippen LogP contribution in [0.1, 0.15) is 65.5 Å². The van der Waals surface area contributed by atoms with Crippen LogP contribution >= 0.6 is 11.6 Å². The first kappa shape index (κ1) is 39.6. The van der Waals surface area contributed by atoms with Crippen LogP contribution in [0.4, 0.5) is 0 Å². The summed E-state index contributed by atoms with van der Waals surface area (Å²) in [5.41, 5.74) is 7.44. The molecule has 3 aromatic carbocycles. The quantitative estimate of drug-likeness (QED) is 0.116. The summed E-state index contributed by atoms with van der Waals surface area (Å²) in [6.07, 6.45) is 7.87. The fourth-order valence-corrected chi connectivity index (χ4v) is 8.79. The third-order valence-corrected chi connectivity index (χ3v) is 12.1. The lowest BCUT2D eigenvalue weighted by atomic mass is 9.89. The summed E-state index contributed by atoms with van der Waals surface area (Å²) in [7, 11) is 0. The number of nitrogens with one attached hydrogen (secondary N) is 1. The number of halogens is 1. The summed E-state index contributed by atoms with van der Waals surface area (Å²) in [4.78, 5) is 20.8. The summed E-state index contributed by atoms with van der Waals surface area (Å²) in [6, 6.07) is 19.4. The Morgan fingerprint density at radius 2 is 1.71 bits per heavy atom. The number of aliphatic carboxylic acids is 1. The van der Waals surface area contributed by atoms with Crippen LogP contribution in [-0.2, 0) is 24.6 Å². The van der Waals surface area contributed by atoms with E-state index in [1.165, 1.54) is 32.3 Å². The molecule has 294 valence electrons. The number of carbonyl (C=O) groups is 1. The van der Waals surface area contributed by atoms with Gasteiger partial charge in [-0.05, 0) is 124 Å². The number of pyridine rings is 1. The van der Waals surface area contributed by atoms with Crippen molar-refractivity contribution in [1.29, 1.82) is 5.26 Å². The number of ether oxygens (including phenoxy) is 3. The van der Waals surface area contributed by atoms with E-state index in [4.69, 9.17) is 25.8 Å². The standard InChI is InChI=1S/C45H52ClN5O5/c1-30-35(8-5-9-38(30)39-10-6-12-42(31(39)2)54-17-7-14-50-16-13-34-24-49-25-37(34)26-50)29-56-44-20-43(55-28-33-18-32(21-47)22-48-23-33)36(19-40(44)46)27-51-15-4-3-11-41(51)45(52)53/h5-6,8-10,12,18-20,22-23,34,37,41,49H,3-4,7,11,13-17,24-29H2,1-2H3,(H,52,53)/t34?,37?,41-/m0/s1. The van der Waals surface area contributed by atoms with Gasteiger partial charge >= 0.3 is 5.97 Å². The second-order valence-corrected chi connectivity index (χ2v) is 15.9. The van der Waals surface area contributed by atoms with Crippen LogP contribution in [0, 0.1) is 37.0 Å². The molecule has 0 aliphatic carbocycles. The van der Waals surface area contributed by atoms with Crippen LogP contribution in [0.2, 0.25) is 5.02 Å². The fourth-order valence-electron chi connectivity index (χ4n) is 8.55. The monoisotopic (exact) mass is 777 g/mol. The Morgan fingerprint density at radius 3 is 2.55 bits per heavy atom. The van der Waals surface area contributed by atoms with Crippen LogP contribution in [-0.4, -0.2) is 77.8 Å². The van der Waals surface area contributed by atoms with E-state index in [9.17, 15) is 15.2 Å². The molecule has 2 N–H and O–H groups in total. The number of hydrogen-bond acceptors (Lipinski definition) is 9. The smallest absolute Gasteiger partial charge is 0.320 e. The number of hydrogen-bond donors (Lipinski definition) is 2. The third-order valence-electron chi connectivity index (χ3n) is 11.8. The van der Waals surface area contributed by atoms with Crippen LogP contribution in [0.15, 0.2) is 67.0 Å². The minimum absolute atomic E-state index is 0.166. The van der Waals surface area contributed by atoms with Gasteiger partial charge in [0.2, 0.25) is 0 Å². The number of benzene rings is 3. The van der Waals surface area contributed by atoms with Gasteiger partial charge in [0.15, 0.2) is 0 Å². The third kappa shape index (κ3) is 9.47. The number of carboxylic acid groups (broad SMARTS) is 1. The molecule has 4 aromatic rings. The van der Waals surface area contributed by atoms with Crippen molar-refractivity contribution in [2.75, 3.05) is 45.9 Å². The van der Waals surface area contributed by atoms with Gasteiger partial charge in [-0.25, -0.2) is 0 Å². The van der Waals surface area contributed by atoms with E-state index in [1.54, 1.807) is 18.3 Å². The van der Waals surface area contributed by atoms with Gasteiger partial charge in [0.25, 0.3) is 0 Å². The zero-order chi connectivity index (χ0) is 39.0. The number of rotatable bonds is 15. The molecule has 3 aliphatic heterocycles. The van der Waals surface area contributed by atoms with E-state index >= 15 is 0 Å². The highest BCUT2D eigenvalue weighted by molar-refractivity contribution is 6.32. The first-order valence-corrected chi connectivity index (χ1v) is 20.3. The van der Waals surface area contributed by atoms with E-state index in [0.717, 1.165) is 88.9 Å². The van der Waals surface area contributed by atoms with Crippen molar-refractivity contribution in [3.63, 3.8) is 0 Å². The molecule has 3 aliphatic rings. The number of likely N-dealkylation sites (tertiary alicyclic amines) is 2. The summed E-state index contributed by atoms with van der Waals surface area (Å²) in [5, 5.41) is 23.3. The Bertz CT molecular complexity index is 2050. The summed E-state index contributed by atoms with van der Waals surface area (Å²) >= 11 is 6.88. The minimum atomic E-state index is -0.826. The van der Waals surface area contributed by atoms with Gasteiger partial charge in [0, 0.05) is 49.2 Å². The Hall–Kier alpha value is -4.66. The molecular formula is C45H52ClN5O5. The van der Waals surface area contributed by atoms with Crippen molar-refractivity contribution in [3.8, 4) is 34.4 Å². The van der Waals surface area contributed by atoms with Gasteiger partial charge in [-0.3, -0.25) is 14.7 Å². The number of fused-ring (bicyclic) bond motifs is 1. The van der Waals surface area contributed by atoms with Gasteiger partial charge in [-0.2, -0.15) is 5.26 Å². The van der Waals surface area contributed by atoms with Gasteiger partial charge < -0.3 is 29.5 Å². The fraction of sp³-hybridized carbons (Fsp3) is 0.444. The lowest BCUT2D eigenvalue weighted by Crippen LogP contribution is -2.44. The molecule has 4 heterocycles. The lowest BCUT2D eigenvalue weighted by Gasteiger charge is -2.34. The highest BCUT2D eigenvalue weighted by atomic mass is 35.5. The number of carboxylic acids is 1. The van der Waals surface area contributed by atoms with E-state index in [-0.39, 0.29) is 13.2 Å². The van der Waals surface area contributed by atoms with Crippen molar-refractivity contribution in [2.24, 2.45) is 11.8 Å². The zero-order valence-electron chi connectivity index (χ0n) is 32.4. The van der Waals surface area contributed by atoms with E-state index in [1.807, 2.05) is 11.0 Å². The molecule has 0 radical (unpaired) electrons. The van der Waals surface area contributed by atoms with Crippen molar-refractivity contribution in [1.82, 2.24) is 20.1 Å². The SMILES string of the molecule is Cc1c(COc2cc(OCc3cncc(C#N)c3)c(CN3CCCC[C@H]3C(=O)O)cc2Cl)cccc1-c1cccc(OCCCN2CCC3CNCC3C2)c1C. The highest BCUT2D eigenvalue weighted by Gasteiger charge is 2.32. The van der Waals surface area contributed by atoms with Gasteiger partial charge in [-0.1, -0.05) is 48.4 Å². The Balaban J connectivity index is 1.04. The number of nitrogens with zero attached hydrogens (tertiary/aromatic N) is 4. The minimum Gasteiger partial charge on any atom is -0.493 e. The first-order chi connectivity index (χ1) is 27.3. The molecule has 3 fully saturated rings. The van der Waals surface area contributed by atoms with Crippen molar-refractivity contribution in [3.05, 3.63) is 105 Å². The summed E-state index contributed by atoms with van der Waals surface area (Å²) in [6.45, 7) is 12.2. The Morgan fingerprint density at radius 1 is 0.911 bits per heavy atom. The van der Waals surface area contributed by atoms with E-state index in [0.29, 0.717) is 48.2 Å². The molecule has 0 spiro atoms. The topological polar surface area (TPSA) is 120 Å². The average molecular weight is 778 g/mol. The van der Waals surface area contributed by atoms with E-state index < -0.39 is 12.0 Å². The van der Waals surface area contributed by atoms with Gasteiger partial charge in [-0.15, -0.1) is 0 Å². The number of piperidine rings is 2. The van der Waals surface area contributed by atoms with Crippen LogP contribution in [0.25, 0.3) is 11.1 Å². The summed E-state index contributed by atoms with van der Waals surface area (Å²) in [5.74, 6) is 2.74. The van der Waals surface area contributed by atoms with Crippen LogP contribution < -0.4 is 19.5 Å². The maximum Gasteiger partial charge on any atom is 0.320 e. The van der Waals surface area contributed by atoms with Crippen molar-refractivity contribution < 1.29 is 24.1 Å². The molecule has 7 rings (SSSR count). The van der Waals surface area contributed by atoms with Crippen LogP contribution in [0.3, 0.4) is 0 Å². The Labute approximate surface area is 335 Å². The zero-order valence-corrected chi connectivity index (χ0v) is 33.2. The molecule has 2 unspecified atom stereocenters.